The van der Waals surface area contributed by atoms with E-state index in [1.54, 1.807) is 12.1 Å². The van der Waals surface area contributed by atoms with Crippen LogP contribution in [-0.2, 0) is 11.3 Å². The van der Waals surface area contributed by atoms with Crippen LogP contribution in [0.5, 0.6) is 0 Å². The monoisotopic (exact) mass is 282 g/mol. The summed E-state index contributed by atoms with van der Waals surface area (Å²) in [7, 11) is 0. The van der Waals surface area contributed by atoms with Gasteiger partial charge in [-0.05, 0) is 18.6 Å². The van der Waals surface area contributed by atoms with Crippen LogP contribution in [0.25, 0.3) is 10.1 Å². The van der Waals surface area contributed by atoms with Gasteiger partial charge in [-0.1, -0.05) is 13.0 Å². The van der Waals surface area contributed by atoms with Crippen LogP contribution in [0.3, 0.4) is 0 Å². The van der Waals surface area contributed by atoms with Crippen molar-refractivity contribution in [2.45, 2.75) is 20.0 Å². The molecule has 0 unspecified atom stereocenters. The van der Waals surface area contributed by atoms with Crippen molar-refractivity contribution < 1.29 is 13.9 Å². The summed E-state index contributed by atoms with van der Waals surface area (Å²) in [5, 5.41) is 0.446. The maximum Gasteiger partial charge on any atom is 0.275 e. The maximum atomic E-state index is 13.9. The number of fused-ring (bicyclic) bond motifs is 1. The largest absolute Gasteiger partial charge is 0.377 e. The summed E-state index contributed by atoms with van der Waals surface area (Å²) >= 11 is 1.22. The van der Waals surface area contributed by atoms with Crippen molar-refractivity contribution in [1.29, 1.82) is 0 Å². The van der Waals surface area contributed by atoms with Gasteiger partial charge in [-0.15, -0.1) is 11.3 Å². The number of ether oxygens (including phenoxy) is 1. The molecule has 0 bridgehead atoms. The smallest absolute Gasteiger partial charge is 0.275 e. The first-order valence-electron chi connectivity index (χ1n) is 5.97. The number of nitrogen functional groups attached to an aromatic ring is 1. The van der Waals surface area contributed by atoms with Crippen molar-refractivity contribution in [3.05, 3.63) is 34.5 Å². The first kappa shape index (κ1) is 13.9. The van der Waals surface area contributed by atoms with Crippen LogP contribution in [0.15, 0.2) is 18.2 Å². The highest BCUT2D eigenvalue weighted by atomic mass is 32.1. The number of halogens is 1. The van der Waals surface area contributed by atoms with Crippen LogP contribution in [0, 0.1) is 5.82 Å². The van der Waals surface area contributed by atoms with E-state index in [-0.39, 0.29) is 12.4 Å². The molecule has 3 N–H and O–H groups in total. The third-order valence-corrected chi connectivity index (χ3v) is 3.89. The topological polar surface area (TPSA) is 64.3 Å². The molecule has 0 atom stereocenters. The van der Waals surface area contributed by atoms with Crippen LogP contribution in [0.2, 0.25) is 0 Å². The van der Waals surface area contributed by atoms with E-state index in [1.807, 2.05) is 6.92 Å². The molecule has 0 aliphatic heterocycles. The minimum atomic E-state index is -0.421. The molecule has 0 aliphatic rings. The van der Waals surface area contributed by atoms with Crippen molar-refractivity contribution in [2.75, 3.05) is 6.61 Å². The van der Waals surface area contributed by atoms with Crippen molar-refractivity contribution in [3.63, 3.8) is 0 Å². The number of nitrogens with two attached hydrogens (primary N) is 1. The van der Waals surface area contributed by atoms with Crippen LogP contribution in [0.4, 0.5) is 4.39 Å². The summed E-state index contributed by atoms with van der Waals surface area (Å²) in [5.41, 5.74) is 2.65. The number of benzene rings is 1. The number of rotatable bonds is 5. The zero-order chi connectivity index (χ0) is 13.8. The second-order valence-electron chi connectivity index (χ2n) is 4.05. The molecule has 6 heteroatoms. The molecule has 0 spiro atoms. The van der Waals surface area contributed by atoms with E-state index in [4.69, 9.17) is 10.6 Å². The molecule has 1 amide bonds. The molecule has 0 saturated heterocycles. The molecule has 19 heavy (non-hydrogen) atoms. The molecule has 2 aromatic rings. The fraction of sp³-hybridized carbons (Fsp3) is 0.308. The number of amides is 1. The van der Waals surface area contributed by atoms with Gasteiger partial charge in [0.05, 0.1) is 6.61 Å². The molecule has 0 aliphatic carbocycles. The molecule has 1 aromatic heterocycles. The third kappa shape index (κ3) is 2.75. The number of hydrazine groups is 1. The molecule has 0 radical (unpaired) electrons. The predicted octanol–water partition coefficient (Wildman–Crippen LogP) is 2.57. The molecule has 4 nitrogen and oxygen atoms in total. The van der Waals surface area contributed by atoms with Crippen molar-refractivity contribution in [1.82, 2.24) is 5.43 Å². The number of nitrogens with one attached hydrogen (secondary N) is 1. The Kier molecular flexibility index (Phi) is 4.47. The van der Waals surface area contributed by atoms with Gasteiger partial charge in [0.1, 0.15) is 10.7 Å². The van der Waals surface area contributed by atoms with E-state index in [2.05, 4.69) is 5.43 Å². The van der Waals surface area contributed by atoms with Crippen LogP contribution in [-0.4, -0.2) is 12.5 Å². The molecule has 0 fully saturated rings. The standard InChI is InChI=1S/C13H15FN2O2S/c1-2-6-18-7-8-11-9(14)4-3-5-10(11)19-12(8)13(17)16-15/h3-5H,2,6-7,15H2,1H3,(H,16,17). The van der Waals surface area contributed by atoms with Crippen molar-refractivity contribution in [2.24, 2.45) is 5.84 Å². The lowest BCUT2D eigenvalue weighted by Gasteiger charge is -2.05. The number of hydrogen-bond donors (Lipinski definition) is 2. The van der Waals surface area contributed by atoms with Gasteiger partial charge < -0.3 is 4.74 Å². The minimum absolute atomic E-state index is 0.206. The van der Waals surface area contributed by atoms with Crippen molar-refractivity contribution >= 4 is 27.3 Å². The zero-order valence-corrected chi connectivity index (χ0v) is 11.3. The Morgan fingerprint density at radius 2 is 2.32 bits per heavy atom. The van der Waals surface area contributed by atoms with Crippen LogP contribution < -0.4 is 11.3 Å². The number of hydrogen-bond acceptors (Lipinski definition) is 4. The first-order valence-corrected chi connectivity index (χ1v) is 6.79. The van der Waals surface area contributed by atoms with Crippen LogP contribution in [0.1, 0.15) is 28.6 Å². The fourth-order valence-corrected chi connectivity index (χ4v) is 3.00. The predicted molar refractivity (Wildman–Crippen MR) is 73.4 cm³/mol. The van der Waals surface area contributed by atoms with E-state index < -0.39 is 5.91 Å². The van der Waals surface area contributed by atoms with E-state index in [9.17, 15) is 9.18 Å². The third-order valence-electron chi connectivity index (χ3n) is 2.70. The molecular formula is C13H15FN2O2S. The van der Waals surface area contributed by atoms with Gasteiger partial charge in [-0.3, -0.25) is 10.2 Å². The molecule has 0 saturated carbocycles. The average molecular weight is 282 g/mol. The van der Waals surface area contributed by atoms with Gasteiger partial charge in [-0.2, -0.15) is 0 Å². The highest BCUT2D eigenvalue weighted by Gasteiger charge is 2.20. The van der Waals surface area contributed by atoms with E-state index >= 15 is 0 Å². The maximum absolute atomic E-state index is 13.9. The average Bonchev–Trinajstić information content (AvgIpc) is 2.78. The first-order chi connectivity index (χ1) is 9.19. The second kappa shape index (κ2) is 6.10. The Morgan fingerprint density at radius 3 is 3.00 bits per heavy atom. The number of carbonyl (C=O) groups excluding carboxylic acids is 1. The second-order valence-corrected chi connectivity index (χ2v) is 5.10. The molecule has 1 aromatic carbocycles. The molecule has 102 valence electrons. The summed E-state index contributed by atoms with van der Waals surface area (Å²) in [6, 6.07) is 4.77. The van der Waals surface area contributed by atoms with Gasteiger partial charge >= 0.3 is 0 Å². The Labute approximate surface area is 114 Å². The number of thiophene rings is 1. The molecule has 1 heterocycles. The fourth-order valence-electron chi connectivity index (χ4n) is 1.87. The Bertz CT molecular complexity index is 598. The van der Waals surface area contributed by atoms with Gasteiger partial charge in [0.2, 0.25) is 0 Å². The Balaban J connectivity index is 2.50. The molecular weight excluding hydrogens is 267 g/mol. The summed E-state index contributed by atoms with van der Waals surface area (Å²) in [6.07, 6.45) is 0.864. The summed E-state index contributed by atoms with van der Waals surface area (Å²) in [5.74, 6) is 4.39. The highest BCUT2D eigenvalue weighted by molar-refractivity contribution is 7.21. The summed E-state index contributed by atoms with van der Waals surface area (Å²) in [6.45, 7) is 2.76. The van der Waals surface area contributed by atoms with Gasteiger partial charge in [-0.25, -0.2) is 10.2 Å². The van der Waals surface area contributed by atoms with Gasteiger partial charge in [0, 0.05) is 22.3 Å². The van der Waals surface area contributed by atoms with E-state index in [0.717, 1.165) is 6.42 Å². The lowest BCUT2D eigenvalue weighted by Crippen LogP contribution is -2.30. The highest BCUT2D eigenvalue weighted by Crippen LogP contribution is 2.33. The normalized spacial score (nSPS) is 10.9. The van der Waals surface area contributed by atoms with E-state index in [1.165, 1.54) is 17.4 Å². The van der Waals surface area contributed by atoms with Crippen LogP contribution >= 0.6 is 11.3 Å². The minimum Gasteiger partial charge on any atom is -0.377 e. The van der Waals surface area contributed by atoms with Gasteiger partial charge in [0.15, 0.2) is 0 Å². The van der Waals surface area contributed by atoms with E-state index in [0.29, 0.717) is 27.1 Å². The molecule has 2 rings (SSSR count). The van der Waals surface area contributed by atoms with Gasteiger partial charge in [0.25, 0.3) is 5.91 Å². The Hall–Kier alpha value is -1.50. The zero-order valence-electron chi connectivity index (χ0n) is 10.5. The number of carbonyl (C=O) groups is 1. The lowest BCUT2D eigenvalue weighted by molar-refractivity contribution is 0.0946. The van der Waals surface area contributed by atoms with Crippen molar-refractivity contribution in [3.8, 4) is 0 Å². The summed E-state index contributed by atoms with van der Waals surface area (Å²) in [4.78, 5) is 12.1. The Morgan fingerprint density at radius 1 is 1.53 bits per heavy atom. The lowest BCUT2D eigenvalue weighted by atomic mass is 10.1. The quantitative estimate of drug-likeness (QED) is 0.383. The summed E-state index contributed by atoms with van der Waals surface area (Å²) < 4.78 is 20.1. The SMILES string of the molecule is CCCOCc1c(C(=O)NN)sc2cccc(F)c12.